The number of hydrogen-bond donors (Lipinski definition) is 0. The number of hydrogen-bond acceptors (Lipinski definition) is 4. The van der Waals surface area contributed by atoms with Gasteiger partial charge in [-0.3, -0.25) is 19.7 Å². The maximum absolute atomic E-state index is 12.8. The van der Waals surface area contributed by atoms with Crippen molar-refractivity contribution in [1.29, 1.82) is 0 Å². The van der Waals surface area contributed by atoms with Gasteiger partial charge < -0.3 is 0 Å². The largest absolute Gasteiger partial charge is 0.417 e. The molecule has 0 radical (unpaired) electrons. The number of imide groups is 1. The van der Waals surface area contributed by atoms with Crippen LogP contribution in [0.3, 0.4) is 0 Å². The molecule has 2 aromatic rings. The van der Waals surface area contributed by atoms with Gasteiger partial charge >= 0.3 is 6.18 Å². The first-order valence-electron chi connectivity index (χ1n) is 6.66. The van der Waals surface area contributed by atoms with Crippen LogP contribution in [-0.2, 0) is 6.18 Å². The lowest BCUT2D eigenvalue weighted by Crippen LogP contribution is -2.29. The van der Waals surface area contributed by atoms with Crippen LogP contribution in [-0.4, -0.2) is 16.7 Å². The molecule has 1 heterocycles. The lowest BCUT2D eigenvalue weighted by Gasteiger charge is -2.16. The van der Waals surface area contributed by atoms with Crippen molar-refractivity contribution in [3.05, 3.63) is 68.2 Å². The molecule has 0 atom stereocenters. The monoisotopic (exact) mass is 370 g/mol. The van der Waals surface area contributed by atoms with Crippen LogP contribution in [0.4, 0.5) is 24.5 Å². The van der Waals surface area contributed by atoms with E-state index in [4.69, 9.17) is 11.6 Å². The van der Waals surface area contributed by atoms with Crippen LogP contribution in [0.5, 0.6) is 0 Å². The van der Waals surface area contributed by atoms with Crippen molar-refractivity contribution in [1.82, 2.24) is 0 Å². The van der Waals surface area contributed by atoms with Crippen molar-refractivity contribution in [2.24, 2.45) is 0 Å². The summed E-state index contributed by atoms with van der Waals surface area (Å²) in [4.78, 5) is 35.6. The van der Waals surface area contributed by atoms with Crippen LogP contribution in [0, 0.1) is 10.1 Å². The first-order chi connectivity index (χ1) is 11.6. The van der Waals surface area contributed by atoms with Gasteiger partial charge in [0, 0.05) is 6.07 Å². The summed E-state index contributed by atoms with van der Waals surface area (Å²) < 4.78 is 38.3. The quantitative estimate of drug-likeness (QED) is 0.453. The number of nitro groups is 1. The van der Waals surface area contributed by atoms with Gasteiger partial charge in [-0.25, -0.2) is 4.90 Å². The van der Waals surface area contributed by atoms with E-state index in [1.54, 1.807) is 0 Å². The first kappa shape index (κ1) is 16.9. The highest BCUT2D eigenvalue weighted by molar-refractivity contribution is 6.36. The molecule has 0 bridgehead atoms. The first-order valence-corrected chi connectivity index (χ1v) is 7.03. The molecule has 0 spiro atoms. The van der Waals surface area contributed by atoms with E-state index in [0.29, 0.717) is 11.0 Å². The lowest BCUT2D eigenvalue weighted by molar-refractivity contribution is -0.385. The van der Waals surface area contributed by atoms with E-state index in [9.17, 15) is 32.9 Å². The molecule has 10 heteroatoms. The summed E-state index contributed by atoms with van der Waals surface area (Å²) in [5, 5.41) is 10.3. The van der Waals surface area contributed by atoms with Crippen molar-refractivity contribution in [2.75, 3.05) is 4.90 Å². The zero-order chi connectivity index (χ0) is 18.5. The molecular weight excluding hydrogens is 365 g/mol. The Labute approximate surface area is 142 Å². The van der Waals surface area contributed by atoms with E-state index in [0.717, 1.165) is 18.2 Å². The standard InChI is InChI=1S/C15H6ClF3N2O4/c16-10-6-7(4-5-9(10)15(17,18)19)20-13(22)8-2-1-3-11(21(24)25)12(8)14(20)23/h1-6H. The molecule has 1 aliphatic rings. The van der Waals surface area contributed by atoms with E-state index in [-0.39, 0.29) is 11.3 Å². The molecule has 3 rings (SSSR count). The molecule has 0 aromatic heterocycles. The predicted molar refractivity (Wildman–Crippen MR) is 80.7 cm³/mol. The number of nitrogens with zero attached hydrogens (tertiary/aromatic N) is 2. The number of amides is 2. The summed E-state index contributed by atoms with van der Waals surface area (Å²) in [6.07, 6.45) is -4.70. The Balaban J connectivity index is 2.10. The minimum Gasteiger partial charge on any atom is -0.268 e. The number of halogens is 4. The molecule has 0 saturated carbocycles. The maximum atomic E-state index is 12.8. The molecule has 0 saturated heterocycles. The number of carbonyl (C=O) groups excluding carboxylic acids is 2. The van der Waals surface area contributed by atoms with Crippen LogP contribution < -0.4 is 4.90 Å². The molecular formula is C15H6ClF3N2O4. The molecule has 2 amide bonds. The topological polar surface area (TPSA) is 80.5 Å². The number of carbonyl (C=O) groups is 2. The predicted octanol–water partition coefficient (Wildman–Crippen LogP) is 4.07. The van der Waals surface area contributed by atoms with Gasteiger partial charge in [0.2, 0.25) is 0 Å². The van der Waals surface area contributed by atoms with Gasteiger partial charge in [-0.2, -0.15) is 13.2 Å². The molecule has 25 heavy (non-hydrogen) atoms. The van der Waals surface area contributed by atoms with Gasteiger partial charge in [-0.15, -0.1) is 0 Å². The number of anilines is 1. The average Bonchev–Trinajstić information content (AvgIpc) is 2.77. The molecule has 0 N–H and O–H groups in total. The molecule has 0 aliphatic carbocycles. The van der Waals surface area contributed by atoms with Gasteiger partial charge in [0.25, 0.3) is 17.5 Å². The molecule has 0 unspecified atom stereocenters. The van der Waals surface area contributed by atoms with Crippen LogP contribution in [0.2, 0.25) is 5.02 Å². The summed E-state index contributed by atoms with van der Waals surface area (Å²) in [6.45, 7) is 0. The van der Waals surface area contributed by atoms with E-state index < -0.39 is 44.8 Å². The van der Waals surface area contributed by atoms with Gasteiger partial charge in [-0.05, 0) is 24.3 Å². The average molecular weight is 371 g/mol. The van der Waals surface area contributed by atoms with Gasteiger partial charge in [-0.1, -0.05) is 17.7 Å². The highest BCUT2D eigenvalue weighted by atomic mass is 35.5. The summed E-state index contributed by atoms with van der Waals surface area (Å²) in [7, 11) is 0. The van der Waals surface area contributed by atoms with Crippen LogP contribution in [0.15, 0.2) is 36.4 Å². The Hall–Kier alpha value is -2.94. The highest BCUT2D eigenvalue weighted by Gasteiger charge is 2.42. The molecule has 1 aliphatic heterocycles. The third-order valence-corrected chi connectivity index (χ3v) is 3.92. The second kappa shape index (κ2) is 5.55. The van der Waals surface area contributed by atoms with Crippen molar-refractivity contribution in [2.45, 2.75) is 6.18 Å². The summed E-state index contributed by atoms with van der Waals surface area (Å²) in [5.41, 5.74) is -2.50. The summed E-state index contributed by atoms with van der Waals surface area (Å²) >= 11 is 5.60. The van der Waals surface area contributed by atoms with Gasteiger partial charge in [0.05, 0.1) is 26.8 Å². The minimum absolute atomic E-state index is 0.199. The second-order valence-corrected chi connectivity index (χ2v) is 5.47. The van der Waals surface area contributed by atoms with Crippen molar-refractivity contribution < 1.29 is 27.7 Å². The second-order valence-electron chi connectivity index (χ2n) is 5.06. The van der Waals surface area contributed by atoms with E-state index in [2.05, 4.69) is 0 Å². The number of fused-ring (bicyclic) bond motifs is 1. The zero-order valence-electron chi connectivity index (χ0n) is 12.0. The van der Waals surface area contributed by atoms with Crippen LogP contribution in [0.1, 0.15) is 26.3 Å². The third-order valence-electron chi connectivity index (χ3n) is 3.61. The normalized spacial score (nSPS) is 14.0. The van der Waals surface area contributed by atoms with E-state index in [1.807, 2.05) is 0 Å². The Bertz CT molecular complexity index is 943. The maximum Gasteiger partial charge on any atom is 0.417 e. The lowest BCUT2D eigenvalue weighted by atomic mass is 10.1. The van der Waals surface area contributed by atoms with Gasteiger partial charge in [0.1, 0.15) is 5.56 Å². The van der Waals surface area contributed by atoms with Crippen molar-refractivity contribution >= 4 is 34.8 Å². The molecule has 0 fully saturated rings. The number of alkyl halides is 3. The number of rotatable bonds is 2. The minimum atomic E-state index is -4.70. The Morgan fingerprint density at radius 2 is 1.76 bits per heavy atom. The van der Waals surface area contributed by atoms with Gasteiger partial charge in [0.15, 0.2) is 0 Å². The third kappa shape index (κ3) is 2.62. The van der Waals surface area contributed by atoms with Crippen molar-refractivity contribution in [3.63, 3.8) is 0 Å². The molecule has 2 aromatic carbocycles. The molecule has 6 nitrogen and oxygen atoms in total. The summed E-state index contributed by atoms with van der Waals surface area (Å²) in [5.74, 6) is -1.87. The fraction of sp³-hybridized carbons (Fsp3) is 0.0667. The van der Waals surface area contributed by atoms with E-state index >= 15 is 0 Å². The Morgan fingerprint density at radius 1 is 1.08 bits per heavy atom. The number of nitro benzene ring substituents is 1. The van der Waals surface area contributed by atoms with Crippen LogP contribution >= 0.6 is 11.6 Å². The van der Waals surface area contributed by atoms with Crippen LogP contribution in [0.25, 0.3) is 0 Å². The SMILES string of the molecule is O=C1c2cccc([N+](=O)[O-])c2C(=O)N1c1ccc(C(F)(F)F)c(Cl)c1. The zero-order valence-corrected chi connectivity index (χ0v) is 12.8. The van der Waals surface area contributed by atoms with E-state index in [1.165, 1.54) is 12.1 Å². The molecule has 128 valence electrons. The Kier molecular flexibility index (Phi) is 3.76. The number of benzene rings is 2. The highest BCUT2D eigenvalue weighted by Crippen LogP contribution is 2.39. The van der Waals surface area contributed by atoms with Crippen molar-refractivity contribution in [3.8, 4) is 0 Å². The fourth-order valence-corrected chi connectivity index (χ4v) is 2.81. The smallest absolute Gasteiger partial charge is 0.268 e. The Morgan fingerprint density at radius 3 is 2.32 bits per heavy atom. The summed E-state index contributed by atoms with van der Waals surface area (Å²) in [6, 6.07) is 5.89. The fourth-order valence-electron chi connectivity index (χ4n) is 2.53.